The number of aromatic nitrogens is 1. The number of benzene rings is 1. The van der Waals surface area contributed by atoms with E-state index in [0.29, 0.717) is 12.8 Å². The normalized spacial score (nSPS) is 22.9. The number of non-ortho nitro benzene ring substituents is 1. The molecule has 0 aliphatic heterocycles. The molecule has 22 heavy (non-hydrogen) atoms. The molecule has 0 radical (unpaired) electrons. The topological polar surface area (TPSA) is 48.1 Å². The zero-order chi connectivity index (χ0) is 15.9. The van der Waals surface area contributed by atoms with Gasteiger partial charge in [-0.2, -0.15) is 13.2 Å². The summed E-state index contributed by atoms with van der Waals surface area (Å²) in [6.07, 6.45) is -1.06. The maximum Gasteiger partial charge on any atom is 0.391 e. The summed E-state index contributed by atoms with van der Waals surface area (Å²) in [7, 11) is 0. The summed E-state index contributed by atoms with van der Waals surface area (Å²) in [5, 5.41) is 11.5. The van der Waals surface area contributed by atoms with Crippen molar-refractivity contribution in [1.29, 1.82) is 0 Å². The summed E-state index contributed by atoms with van der Waals surface area (Å²) in [4.78, 5) is 10.3. The van der Waals surface area contributed by atoms with Gasteiger partial charge in [-0.05, 0) is 37.8 Å². The molecule has 1 aliphatic carbocycles. The molecule has 0 amide bonds. The van der Waals surface area contributed by atoms with Crippen LogP contribution in [0.2, 0.25) is 0 Å². The van der Waals surface area contributed by atoms with Gasteiger partial charge in [-0.3, -0.25) is 10.1 Å². The zero-order valence-corrected chi connectivity index (χ0v) is 11.7. The first-order chi connectivity index (χ1) is 10.4. The fourth-order valence-electron chi connectivity index (χ4n) is 3.26. The summed E-state index contributed by atoms with van der Waals surface area (Å²) in [6, 6.07) is 6.40. The Hall–Kier alpha value is -2.05. The van der Waals surface area contributed by atoms with Crippen molar-refractivity contribution in [3.8, 4) is 0 Å². The number of hydrogen-bond donors (Lipinski definition) is 0. The molecule has 1 heterocycles. The van der Waals surface area contributed by atoms with Gasteiger partial charge < -0.3 is 4.57 Å². The van der Waals surface area contributed by atoms with Gasteiger partial charge in [-0.15, -0.1) is 0 Å². The van der Waals surface area contributed by atoms with E-state index in [4.69, 9.17) is 0 Å². The van der Waals surface area contributed by atoms with E-state index in [-0.39, 0.29) is 24.6 Å². The molecule has 0 atom stereocenters. The Morgan fingerprint density at radius 1 is 1.14 bits per heavy atom. The average molecular weight is 312 g/mol. The number of nitrogens with zero attached hydrogens (tertiary/aromatic N) is 2. The van der Waals surface area contributed by atoms with Crippen LogP contribution in [-0.4, -0.2) is 15.7 Å². The van der Waals surface area contributed by atoms with Gasteiger partial charge in [0.25, 0.3) is 5.69 Å². The van der Waals surface area contributed by atoms with E-state index in [9.17, 15) is 23.3 Å². The van der Waals surface area contributed by atoms with Crippen molar-refractivity contribution in [2.75, 3.05) is 0 Å². The molecule has 0 saturated heterocycles. The molecule has 0 spiro atoms. The molecule has 1 aromatic carbocycles. The second kappa shape index (κ2) is 5.30. The molecule has 2 aromatic rings. The summed E-state index contributed by atoms with van der Waals surface area (Å²) in [6.45, 7) is 0. The zero-order valence-electron chi connectivity index (χ0n) is 11.7. The SMILES string of the molecule is O=[N+]([O-])c1ccc2c(ccn2C2CCC(C(F)(F)F)CC2)c1. The molecular formula is C15H15F3N2O2. The number of nitro groups is 1. The third-order valence-corrected chi connectivity index (χ3v) is 4.47. The van der Waals surface area contributed by atoms with Crippen LogP contribution in [-0.2, 0) is 0 Å². The molecule has 3 rings (SSSR count). The monoisotopic (exact) mass is 312 g/mol. The first kappa shape index (κ1) is 14.9. The van der Waals surface area contributed by atoms with E-state index >= 15 is 0 Å². The maximum absolute atomic E-state index is 12.7. The van der Waals surface area contributed by atoms with Gasteiger partial charge in [0.15, 0.2) is 0 Å². The highest BCUT2D eigenvalue weighted by molar-refractivity contribution is 5.82. The van der Waals surface area contributed by atoms with E-state index in [1.807, 2.05) is 10.8 Å². The van der Waals surface area contributed by atoms with E-state index in [1.165, 1.54) is 12.1 Å². The Balaban J connectivity index is 1.82. The predicted molar refractivity (Wildman–Crippen MR) is 75.6 cm³/mol. The van der Waals surface area contributed by atoms with E-state index in [1.54, 1.807) is 12.1 Å². The molecule has 0 bridgehead atoms. The number of alkyl halides is 3. The molecular weight excluding hydrogens is 297 g/mol. The molecule has 1 saturated carbocycles. The van der Waals surface area contributed by atoms with Crippen LogP contribution in [0.4, 0.5) is 18.9 Å². The van der Waals surface area contributed by atoms with Crippen LogP contribution in [0.15, 0.2) is 30.5 Å². The third kappa shape index (κ3) is 2.67. The van der Waals surface area contributed by atoms with Crippen LogP contribution in [0.5, 0.6) is 0 Å². The van der Waals surface area contributed by atoms with Crippen LogP contribution in [0.1, 0.15) is 31.7 Å². The smallest absolute Gasteiger partial charge is 0.344 e. The Bertz CT molecular complexity index is 700. The second-order valence-electron chi connectivity index (χ2n) is 5.77. The minimum atomic E-state index is -4.11. The number of hydrogen-bond acceptors (Lipinski definition) is 2. The van der Waals surface area contributed by atoms with Gasteiger partial charge in [0.1, 0.15) is 0 Å². The fourth-order valence-corrected chi connectivity index (χ4v) is 3.26. The maximum atomic E-state index is 12.7. The minimum absolute atomic E-state index is 0.0195. The van der Waals surface area contributed by atoms with Crippen molar-refractivity contribution in [2.24, 2.45) is 5.92 Å². The number of nitro benzene ring substituents is 1. The number of rotatable bonds is 2. The lowest BCUT2D eigenvalue weighted by Crippen LogP contribution is -2.28. The van der Waals surface area contributed by atoms with Gasteiger partial charge in [0, 0.05) is 35.3 Å². The van der Waals surface area contributed by atoms with Gasteiger partial charge in [0.05, 0.1) is 10.8 Å². The van der Waals surface area contributed by atoms with Crippen LogP contribution in [0.3, 0.4) is 0 Å². The van der Waals surface area contributed by atoms with Crippen molar-refractivity contribution < 1.29 is 18.1 Å². The van der Waals surface area contributed by atoms with Crippen molar-refractivity contribution in [3.63, 3.8) is 0 Å². The molecule has 7 heteroatoms. The highest BCUT2D eigenvalue weighted by Crippen LogP contribution is 2.42. The number of halogens is 3. The van der Waals surface area contributed by atoms with Crippen LogP contribution >= 0.6 is 0 Å². The molecule has 4 nitrogen and oxygen atoms in total. The van der Waals surface area contributed by atoms with E-state index in [2.05, 4.69) is 0 Å². The Morgan fingerprint density at radius 2 is 1.82 bits per heavy atom. The Labute approximate surface area is 124 Å². The molecule has 0 N–H and O–H groups in total. The molecule has 118 valence electrons. The van der Waals surface area contributed by atoms with Crippen LogP contribution in [0, 0.1) is 16.0 Å². The lowest BCUT2D eigenvalue weighted by Gasteiger charge is -2.31. The highest BCUT2D eigenvalue weighted by Gasteiger charge is 2.41. The summed E-state index contributed by atoms with van der Waals surface area (Å²) in [5.41, 5.74) is 0.854. The standard InChI is InChI=1S/C15H15F3N2O2/c16-15(17,18)11-1-3-12(4-2-11)19-8-7-10-9-13(20(21)22)5-6-14(10)19/h5-9,11-12H,1-4H2. The highest BCUT2D eigenvalue weighted by atomic mass is 19.4. The molecule has 1 aromatic heterocycles. The van der Waals surface area contributed by atoms with Crippen LogP contribution < -0.4 is 0 Å². The van der Waals surface area contributed by atoms with E-state index < -0.39 is 17.0 Å². The van der Waals surface area contributed by atoms with Gasteiger partial charge >= 0.3 is 6.18 Å². The van der Waals surface area contributed by atoms with Crippen molar-refractivity contribution in [1.82, 2.24) is 4.57 Å². The quantitative estimate of drug-likeness (QED) is 0.588. The summed E-state index contributed by atoms with van der Waals surface area (Å²) >= 11 is 0. The Kier molecular flexibility index (Phi) is 3.58. The van der Waals surface area contributed by atoms with Crippen molar-refractivity contribution >= 4 is 16.6 Å². The van der Waals surface area contributed by atoms with E-state index in [0.717, 1.165) is 10.9 Å². The lowest BCUT2D eigenvalue weighted by atomic mass is 9.85. The van der Waals surface area contributed by atoms with Gasteiger partial charge in [-0.25, -0.2) is 0 Å². The van der Waals surface area contributed by atoms with Gasteiger partial charge in [0.2, 0.25) is 0 Å². The van der Waals surface area contributed by atoms with Crippen molar-refractivity contribution in [3.05, 3.63) is 40.6 Å². The second-order valence-corrected chi connectivity index (χ2v) is 5.77. The predicted octanol–water partition coefficient (Wildman–Crippen LogP) is 4.84. The lowest BCUT2D eigenvalue weighted by molar-refractivity contribution is -0.384. The first-order valence-corrected chi connectivity index (χ1v) is 7.18. The minimum Gasteiger partial charge on any atom is -0.344 e. The molecule has 1 fully saturated rings. The largest absolute Gasteiger partial charge is 0.391 e. The average Bonchev–Trinajstić information content (AvgIpc) is 2.89. The summed E-state index contributed by atoms with van der Waals surface area (Å²) < 4.78 is 40.1. The summed E-state index contributed by atoms with van der Waals surface area (Å²) in [5.74, 6) is -1.20. The molecule has 0 unspecified atom stereocenters. The fraction of sp³-hybridized carbons (Fsp3) is 0.467. The van der Waals surface area contributed by atoms with Gasteiger partial charge in [-0.1, -0.05) is 0 Å². The van der Waals surface area contributed by atoms with Crippen LogP contribution in [0.25, 0.3) is 10.9 Å². The number of fused-ring (bicyclic) bond motifs is 1. The Morgan fingerprint density at radius 3 is 2.41 bits per heavy atom. The van der Waals surface area contributed by atoms with Crippen molar-refractivity contribution in [2.45, 2.75) is 37.9 Å². The first-order valence-electron chi connectivity index (χ1n) is 7.18. The third-order valence-electron chi connectivity index (χ3n) is 4.47. The molecule has 1 aliphatic rings.